The molecule has 1 saturated heterocycles. The van der Waals surface area contributed by atoms with Crippen LogP contribution in [0.25, 0.3) is 0 Å². The van der Waals surface area contributed by atoms with E-state index in [1.165, 1.54) is 11.0 Å². The lowest BCUT2D eigenvalue weighted by molar-refractivity contribution is 0.0196. The molecule has 2 rings (SSSR count). The number of rotatable bonds is 2. The van der Waals surface area contributed by atoms with Crippen molar-refractivity contribution in [2.24, 2.45) is 0 Å². The van der Waals surface area contributed by atoms with Crippen molar-refractivity contribution in [2.75, 3.05) is 6.54 Å². The summed E-state index contributed by atoms with van der Waals surface area (Å²) in [6, 6.07) is 0.484. The molecule has 1 fully saturated rings. The minimum Gasteiger partial charge on any atom is -0.476 e. The van der Waals surface area contributed by atoms with Gasteiger partial charge >= 0.3 is 12.1 Å². The fourth-order valence-electron chi connectivity index (χ4n) is 2.12. The third-order valence-electron chi connectivity index (χ3n) is 2.95. The first-order valence-corrected chi connectivity index (χ1v) is 6.51. The van der Waals surface area contributed by atoms with Crippen LogP contribution in [0.2, 0.25) is 0 Å². The van der Waals surface area contributed by atoms with E-state index >= 15 is 0 Å². The Kier molecular flexibility index (Phi) is 3.89. The Morgan fingerprint density at radius 3 is 2.71 bits per heavy atom. The lowest BCUT2D eigenvalue weighted by Gasteiger charge is -2.27. The SMILES string of the molecule is CC(C)(C)OC(=O)N1C[C@@H](F)CC1c1cc(C(=O)O)no1. The topological polar surface area (TPSA) is 92.9 Å². The molecular formula is C13H17FN2O5. The first-order valence-electron chi connectivity index (χ1n) is 6.51. The van der Waals surface area contributed by atoms with Gasteiger partial charge in [-0.3, -0.25) is 4.90 Å². The Bertz CT molecular complexity index is 551. The fourth-order valence-corrected chi connectivity index (χ4v) is 2.12. The third kappa shape index (κ3) is 3.50. The average Bonchev–Trinajstić information content (AvgIpc) is 2.92. The summed E-state index contributed by atoms with van der Waals surface area (Å²) < 4.78 is 23.8. The van der Waals surface area contributed by atoms with Gasteiger partial charge in [0.2, 0.25) is 0 Å². The summed E-state index contributed by atoms with van der Waals surface area (Å²) in [6.07, 6.45) is -1.87. The number of aromatic nitrogens is 1. The lowest BCUT2D eigenvalue weighted by Crippen LogP contribution is -2.36. The third-order valence-corrected chi connectivity index (χ3v) is 2.95. The molecule has 21 heavy (non-hydrogen) atoms. The number of hydrogen-bond donors (Lipinski definition) is 1. The zero-order valence-corrected chi connectivity index (χ0v) is 12.0. The monoisotopic (exact) mass is 300 g/mol. The molecule has 8 heteroatoms. The van der Waals surface area contributed by atoms with Crippen LogP contribution in [-0.4, -0.2) is 45.5 Å². The predicted octanol–water partition coefficient (Wildman–Crippen LogP) is 2.39. The van der Waals surface area contributed by atoms with E-state index in [0.717, 1.165) is 0 Å². The standard InChI is InChI=1S/C13H17FN2O5/c1-13(2,3)20-12(19)16-6-7(14)4-9(16)10-5-8(11(17)18)15-21-10/h5,7,9H,4,6H2,1-3H3,(H,17,18)/t7-,9?/m0/s1. The molecule has 1 N–H and O–H groups in total. The summed E-state index contributed by atoms with van der Waals surface area (Å²) in [5.74, 6) is -1.11. The van der Waals surface area contributed by atoms with Gasteiger partial charge in [-0.25, -0.2) is 14.0 Å². The summed E-state index contributed by atoms with van der Waals surface area (Å²) in [5.41, 5.74) is -0.986. The summed E-state index contributed by atoms with van der Waals surface area (Å²) in [7, 11) is 0. The van der Waals surface area contributed by atoms with Gasteiger partial charge < -0.3 is 14.4 Å². The van der Waals surface area contributed by atoms with Gasteiger partial charge in [0.1, 0.15) is 11.8 Å². The molecule has 0 bridgehead atoms. The highest BCUT2D eigenvalue weighted by Gasteiger charge is 2.40. The first-order chi connectivity index (χ1) is 9.67. The van der Waals surface area contributed by atoms with Crippen LogP contribution in [0.4, 0.5) is 9.18 Å². The average molecular weight is 300 g/mol. The Hall–Kier alpha value is -2.12. The summed E-state index contributed by atoms with van der Waals surface area (Å²) in [5, 5.41) is 12.2. The van der Waals surface area contributed by atoms with Gasteiger partial charge in [0.05, 0.1) is 12.6 Å². The zero-order valence-electron chi connectivity index (χ0n) is 12.0. The highest BCUT2D eigenvalue weighted by Crippen LogP contribution is 2.35. The number of carbonyl (C=O) groups excluding carboxylic acids is 1. The molecule has 0 aromatic carbocycles. The predicted molar refractivity (Wildman–Crippen MR) is 68.7 cm³/mol. The van der Waals surface area contributed by atoms with Crippen molar-refractivity contribution in [2.45, 2.75) is 45.0 Å². The number of halogens is 1. The lowest BCUT2D eigenvalue weighted by atomic mass is 10.1. The van der Waals surface area contributed by atoms with Crippen molar-refractivity contribution >= 4 is 12.1 Å². The number of carboxylic acids is 1. The maximum atomic E-state index is 13.6. The van der Waals surface area contributed by atoms with Gasteiger partial charge in [-0.2, -0.15) is 0 Å². The van der Waals surface area contributed by atoms with E-state index < -0.39 is 29.9 Å². The number of amides is 1. The molecule has 0 aliphatic carbocycles. The molecule has 1 aromatic heterocycles. The quantitative estimate of drug-likeness (QED) is 0.901. The van der Waals surface area contributed by atoms with Crippen LogP contribution in [-0.2, 0) is 4.74 Å². The van der Waals surface area contributed by atoms with E-state index in [1.807, 2.05) is 0 Å². The molecule has 1 aliphatic rings. The maximum Gasteiger partial charge on any atom is 0.411 e. The highest BCUT2D eigenvalue weighted by molar-refractivity contribution is 5.85. The van der Waals surface area contributed by atoms with Gasteiger partial charge in [-0.05, 0) is 20.8 Å². The van der Waals surface area contributed by atoms with Crippen LogP contribution in [0, 0.1) is 0 Å². The number of likely N-dealkylation sites (tertiary alicyclic amines) is 1. The Labute approximate surface area is 120 Å². The molecule has 1 aliphatic heterocycles. The fraction of sp³-hybridized carbons (Fsp3) is 0.615. The van der Waals surface area contributed by atoms with Gasteiger partial charge in [-0.1, -0.05) is 5.16 Å². The van der Waals surface area contributed by atoms with E-state index in [0.29, 0.717) is 0 Å². The molecule has 1 unspecified atom stereocenters. The summed E-state index contributed by atoms with van der Waals surface area (Å²) >= 11 is 0. The summed E-state index contributed by atoms with van der Waals surface area (Å²) in [6.45, 7) is 5.00. The minimum absolute atomic E-state index is 0.0213. The Morgan fingerprint density at radius 2 is 2.19 bits per heavy atom. The molecule has 7 nitrogen and oxygen atoms in total. The molecule has 0 saturated carbocycles. The maximum absolute atomic E-state index is 13.6. The number of alkyl halides is 1. The van der Waals surface area contributed by atoms with E-state index in [2.05, 4.69) is 5.16 Å². The molecule has 0 radical (unpaired) electrons. The van der Waals surface area contributed by atoms with Crippen molar-refractivity contribution in [1.29, 1.82) is 0 Å². The van der Waals surface area contributed by atoms with E-state index in [1.54, 1.807) is 20.8 Å². The normalized spacial score (nSPS) is 22.4. The Morgan fingerprint density at radius 1 is 1.52 bits per heavy atom. The van der Waals surface area contributed by atoms with Gasteiger partial charge in [0.15, 0.2) is 11.5 Å². The van der Waals surface area contributed by atoms with Gasteiger partial charge in [0, 0.05) is 12.5 Å². The zero-order chi connectivity index (χ0) is 15.8. The smallest absolute Gasteiger partial charge is 0.411 e. The number of carboxylic acid groups (broad SMARTS) is 1. The number of ether oxygens (including phenoxy) is 1. The van der Waals surface area contributed by atoms with Crippen LogP contribution in [0.5, 0.6) is 0 Å². The molecule has 0 spiro atoms. The molecule has 116 valence electrons. The van der Waals surface area contributed by atoms with Crippen molar-refractivity contribution in [3.63, 3.8) is 0 Å². The molecule has 2 heterocycles. The van der Waals surface area contributed by atoms with Gasteiger partial charge in [-0.15, -0.1) is 0 Å². The van der Waals surface area contributed by atoms with Crippen LogP contribution in [0.1, 0.15) is 49.5 Å². The first kappa shape index (κ1) is 15.3. The summed E-state index contributed by atoms with van der Waals surface area (Å²) in [4.78, 5) is 24.1. The highest BCUT2D eigenvalue weighted by atomic mass is 19.1. The molecular weight excluding hydrogens is 283 g/mol. The van der Waals surface area contributed by atoms with E-state index in [9.17, 15) is 14.0 Å². The van der Waals surface area contributed by atoms with Crippen molar-refractivity contribution < 1.29 is 28.3 Å². The number of hydrogen-bond acceptors (Lipinski definition) is 5. The second-order valence-corrected chi connectivity index (χ2v) is 5.90. The number of nitrogens with zero attached hydrogens (tertiary/aromatic N) is 2. The second kappa shape index (κ2) is 5.34. The largest absolute Gasteiger partial charge is 0.476 e. The Balaban J connectivity index is 2.19. The van der Waals surface area contributed by atoms with Crippen molar-refractivity contribution in [3.8, 4) is 0 Å². The van der Waals surface area contributed by atoms with Crippen LogP contribution in [0.3, 0.4) is 0 Å². The number of aromatic carboxylic acids is 1. The molecule has 2 atom stereocenters. The van der Waals surface area contributed by atoms with E-state index in [4.69, 9.17) is 14.4 Å². The van der Waals surface area contributed by atoms with Crippen LogP contribution < -0.4 is 0 Å². The number of carbonyl (C=O) groups is 2. The van der Waals surface area contributed by atoms with Crippen LogP contribution in [0.15, 0.2) is 10.6 Å². The van der Waals surface area contributed by atoms with Crippen LogP contribution >= 0.6 is 0 Å². The van der Waals surface area contributed by atoms with Crippen molar-refractivity contribution in [1.82, 2.24) is 10.1 Å². The van der Waals surface area contributed by atoms with Crippen molar-refractivity contribution in [3.05, 3.63) is 17.5 Å². The second-order valence-electron chi connectivity index (χ2n) is 5.90. The molecule has 1 aromatic rings. The molecule has 1 amide bonds. The van der Waals surface area contributed by atoms with E-state index in [-0.39, 0.29) is 24.4 Å². The van der Waals surface area contributed by atoms with Gasteiger partial charge in [0.25, 0.3) is 0 Å². The minimum atomic E-state index is -1.25.